The predicted molar refractivity (Wildman–Crippen MR) is 73.6 cm³/mol. The molecule has 3 rings (SSSR count). The summed E-state index contributed by atoms with van der Waals surface area (Å²) in [4.78, 5) is 0. The van der Waals surface area contributed by atoms with Gasteiger partial charge in [0.15, 0.2) is 6.20 Å². The van der Waals surface area contributed by atoms with Crippen molar-refractivity contribution in [1.29, 1.82) is 0 Å². The van der Waals surface area contributed by atoms with Gasteiger partial charge < -0.3 is 0 Å². The van der Waals surface area contributed by atoms with Gasteiger partial charge in [0.1, 0.15) is 0 Å². The van der Waals surface area contributed by atoms with E-state index in [-0.39, 0.29) is 0 Å². The zero-order valence-electron chi connectivity index (χ0n) is 12.1. The molecule has 0 saturated heterocycles. The molecule has 0 aliphatic heterocycles. The first-order valence-corrected chi connectivity index (χ1v) is 7.95. The molecule has 120 valence electrons. The number of fused-ring (bicyclic) bond motifs is 1. The van der Waals surface area contributed by atoms with Crippen LogP contribution in [0.4, 0.5) is 0 Å². The van der Waals surface area contributed by atoms with Crippen molar-refractivity contribution in [3.63, 3.8) is 0 Å². The van der Waals surface area contributed by atoms with Crippen molar-refractivity contribution in [2.24, 2.45) is 0 Å². The summed E-state index contributed by atoms with van der Waals surface area (Å²) in [5, 5.41) is 2.50. The van der Waals surface area contributed by atoms with Crippen LogP contribution in [-0.2, 0) is 6.54 Å². The number of rotatable bonds is 3. The first-order valence-electron chi connectivity index (χ1n) is 6.71. The summed E-state index contributed by atoms with van der Waals surface area (Å²) < 4.78 is 36.0. The molecule has 1 aromatic heterocycles. The predicted octanol–water partition coefficient (Wildman–Crippen LogP) is -1.88. The molecule has 7 heteroatoms. The van der Waals surface area contributed by atoms with Crippen LogP contribution in [0.2, 0.25) is 0 Å². The summed E-state index contributed by atoms with van der Waals surface area (Å²) in [6.45, 7) is 0.823. The van der Waals surface area contributed by atoms with E-state index in [1.807, 2.05) is 16.9 Å². The fraction of sp³-hybridized carbons (Fsp3) is 0.0625. The van der Waals surface area contributed by atoms with Crippen LogP contribution in [0.15, 0.2) is 73.1 Å². The summed E-state index contributed by atoms with van der Waals surface area (Å²) in [6.07, 6.45) is 4.16. The molecule has 23 heavy (non-hydrogen) atoms. The Labute approximate surface area is 135 Å². The molecule has 0 bridgehead atoms. The first kappa shape index (κ1) is 17.1. The Bertz CT molecular complexity index is 742. The highest BCUT2D eigenvalue weighted by molar-refractivity contribution is 5.80. The van der Waals surface area contributed by atoms with E-state index >= 15 is 0 Å². The lowest BCUT2D eigenvalue weighted by atomic mass is 10.2. The van der Waals surface area contributed by atoms with Crippen LogP contribution in [-0.4, -0.2) is 0 Å². The lowest BCUT2D eigenvalue weighted by molar-refractivity contribution is -2.00. The lowest BCUT2D eigenvalue weighted by Crippen LogP contribution is -2.68. The van der Waals surface area contributed by atoms with Gasteiger partial charge in [0.25, 0.3) is 0 Å². The molecule has 2 aromatic carbocycles. The van der Waals surface area contributed by atoms with Gasteiger partial charge in [-0.1, -0.05) is 53.2 Å². The second-order valence-corrected chi connectivity index (χ2v) is 5.44. The lowest BCUT2D eigenvalue weighted by Gasteiger charge is -2.17. The minimum absolute atomic E-state index is 0.823. The third-order valence-corrected chi connectivity index (χ3v) is 3.00. The van der Waals surface area contributed by atoms with E-state index in [4.69, 9.17) is 18.6 Å². The van der Waals surface area contributed by atoms with Crippen molar-refractivity contribution in [3.8, 4) is 0 Å². The number of benzene rings is 2. The number of nitrogens with one attached hydrogen (secondary N) is 1. The summed E-state index contributed by atoms with van der Waals surface area (Å²) in [5.41, 5.74) is 4.65. The van der Waals surface area contributed by atoms with Crippen molar-refractivity contribution >= 4 is 10.8 Å². The summed E-state index contributed by atoms with van der Waals surface area (Å²) in [7, 11) is -4.94. The average molecular weight is 335 g/mol. The highest BCUT2D eigenvalue weighted by Crippen LogP contribution is 2.09. The number of halogens is 1. The molecule has 0 atom stereocenters. The molecular weight excluding hydrogens is 320 g/mol. The van der Waals surface area contributed by atoms with Crippen molar-refractivity contribution in [1.82, 2.24) is 0 Å². The van der Waals surface area contributed by atoms with Crippen LogP contribution >= 0.6 is 0 Å². The van der Waals surface area contributed by atoms with E-state index in [2.05, 4.69) is 66.2 Å². The van der Waals surface area contributed by atoms with Gasteiger partial charge >= 0.3 is 0 Å². The molecule has 0 spiro atoms. The molecular formula is C16H15ClN2O4. The highest BCUT2D eigenvalue weighted by atomic mass is 35.7. The summed E-state index contributed by atoms with van der Waals surface area (Å²) >= 11 is 0. The Morgan fingerprint density at radius 2 is 1.35 bits per heavy atom. The van der Waals surface area contributed by atoms with Gasteiger partial charge in [0.05, 0.1) is 6.54 Å². The number of hydrogen-bond donors (Lipinski definition) is 1. The fourth-order valence-corrected chi connectivity index (χ4v) is 2.01. The number of pyridine rings is 1. The highest BCUT2D eigenvalue weighted by Gasteiger charge is 2.02. The summed E-state index contributed by atoms with van der Waals surface area (Å²) in [5.74, 6) is 0. The molecule has 0 amide bonds. The molecule has 0 radical (unpaired) electrons. The van der Waals surface area contributed by atoms with E-state index < -0.39 is 10.2 Å². The second-order valence-electron chi connectivity index (χ2n) is 4.68. The van der Waals surface area contributed by atoms with Crippen LogP contribution < -0.4 is 28.7 Å². The zero-order chi connectivity index (χ0) is 16.7. The van der Waals surface area contributed by atoms with Crippen molar-refractivity contribution < 1.29 is 33.6 Å². The van der Waals surface area contributed by atoms with E-state index in [1.54, 1.807) is 0 Å². The van der Waals surface area contributed by atoms with Crippen LogP contribution in [0.25, 0.3) is 10.8 Å². The number of nitrogens with zero attached hydrogens (tertiary/aromatic N) is 1. The van der Waals surface area contributed by atoms with Gasteiger partial charge in [-0.15, -0.1) is 10.2 Å². The standard InChI is InChI=1S/C16H15N2.ClHO4/c1-2-6-14(7-3-1)12-17-18-11-10-15-8-4-5-9-16(15)13-18;2-1(3,4)5/h1-11,13,17H,12H2;(H,2,3,4,5)/q+1;/p-1. The van der Waals surface area contributed by atoms with E-state index in [0.29, 0.717) is 0 Å². The molecule has 1 N–H and O–H groups in total. The minimum atomic E-state index is -4.94. The molecule has 6 nitrogen and oxygen atoms in total. The van der Waals surface area contributed by atoms with E-state index in [0.717, 1.165) is 6.54 Å². The topological polar surface area (TPSA) is 108 Å². The Morgan fingerprint density at radius 1 is 0.783 bits per heavy atom. The number of hydrogen-bond acceptors (Lipinski definition) is 5. The quantitative estimate of drug-likeness (QED) is 0.564. The molecule has 1 heterocycles. The van der Waals surface area contributed by atoms with Gasteiger partial charge in [-0.25, -0.2) is 18.6 Å². The Hall–Kier alpha value is -2.22. The molecule has 0 aliphatic carbocycles. The Balaban J connectivity index is 0.000000338. The SMILES string of the molecule is [O-][Cl+3]([O-])([O-])[O-].c1ccc(CN[n+]2ccc3ccccc3c2)cc1. The second kappa shape index (κ2) is 7.87. The fourth-order valence-electron chi connectivity index (χ4n) is 2.01. The monoisotopic (exact) mass is 334 g/mol. The van der Waals surface area contributed by atoms with Crippen LogP contribution in [0, 0.1) is 10.2 Å². The van der Waals surface area contributed by atoms with Crippen molar-refractivity contribution in [2.45, 2.75) is 6.54 Å². The third-order valence-electron chi connectivity index (χ3n) is 3.00. The van der Waals surface area contributed by atoms with Crippen LogP contribution in [0.5, 0.6) is 0 Å². The zero-order valence-corrected chi connectivity index (χ0v) is 12.8. The third kappa shape index (κ3) is 6.60. The van der Waals surface area contributed by atoms with Crippen LogP contribution in [0.1, 0.15) is 5.56 Å². The Kier molecular flexibility index (Phi) is 5.86. The van der Waals surface area contributed by atoms with Gasteiger partial charge in [0.2, 0.25) is 6.20 Å². The molecule has 0 aliphatic rings. The normalized spacial score (nSPS) is 10.8. The molecule has 0 saturated carbocycles. The van der Waals surface area contributed by atoms with Gasteiger partial charge in [-0.3, -0.25) is 0 Å². The van der Waals surface area contributed by atoms with Crippen LogP contribution in [0.3, 0.4) is 0 Å². The maximum atomic E-state index is 8.49. The first-order chi connectivity index (χ1) is 10.9. The van der Waals surface area contributed by atoms with E-state index in [9.17, 15) is 0 Å². The molecule has 0 unspecified atom stereocenters. The largest absolute Gasteiger partial charge is 0.222 e. The van der Waals surface area contributed by atoms with Gasteiger partial charge in [-0.05, 0) is 17.0 Å². The molecule has 3 aromatic rings. The summed E-state index contributed by atoms with van der Waals surface area (Å²) in [6, 6.07) is 20.9. The Morgan fingerprint density at radius 3 is 2.00 bits per heavy atom. The smallest absolute Gasteiger partial charge is 0.207 e. The maximum Gasteiger partial charge on any atom is 0.207 e. The minimum Gasteiger partial charge on any atom is -0.222 e. The number of aromatic nitrogens is 1. The van der Waals surface area contributed by atoms with Gasteiger partial charge in [-0.2, -0.15) is 5.43 Å². The molecule has 0 fully saturated rings. The van der Waals surface area contributed by atoms with Gasteiger partial charge in [0, 0.05) is 11.5 Å². The van der Waals surface area contributed by atoms with Crippen molar-refractivity contribution in [2.75, 3.05) is 5.43 Å². The maximum absolute atomic E-state index is 8.49. The van der Waals surface area contributed by atoms with Crippen molar-refractivity contribution in [3.05, 3.63) is 78.6 Å². The van der Waals surface area contributed by atoms with E-state index in [1.165, 1.54) is 16.3 Å². The average Bonchev–Trinajstić information content (AvgIpc) is 2.52.